The molecule has 0 aliphatic carbocycles. The van der Waals surface area contributed by atoms with Crippen molar-refractivity contribution in [3.8, 4) is 12.3 Å². The topological polar surface area (TPSA) is 37.8 Å². The largest absolute Gasteiger partial charge is 0.357 e. The van der Waals surface area contributed by atoms with E-state index >= 15 is 0 Å². The molecule has 1 rings (SSSR count). The molecule has 0 aliphatic heterocycles. The molecule has 1 aromatic heterocycles. The van der Waals surface area contributed by atoms with Crippen LogP contribution in [0.4, 0.5) is 5.82 Å². The zero-order valence-electron chi connectivity index (χ0n) is 5.71. The van der Waals surface area contributed by atoms with E-state index in [1.165, 1.54) is 6.20 Å². The summed E-state index contributed by atoms with van der Waals surface area (Å²) in [5, 5.41) is 3.16. The van der Waals surface area contributed by atoms with Crippen LogP contribution in [-0.2, 0) is 0 Å². The maximum atomic E-state index is 5.66. The number of anilines is 1. The van der Waals surface area contributed by atoms with Gasteiger partial charge in [-0.05, 0) is 0 Å². The van der Waals surface area contributed by atoms with Gasteiger partial charge >= 0.3 is 0 Å². The van der Waals surface area contributed by atoms with Crippen molar-refractivity contribution in [2.45, 2.75) is 0 Å². The number of hydrogen-bond donors (Lipinski definition) is 1. The third-order valence-electron chi connectivity index (χ3n) is 1.01. The average Bonchev–Trinajstić information content (AvgIpc) is 2.03. The summed E-state index contributed by atoms with van der Waals surface area (Å²) in [4.78, 5) is 7.72. The monoisotopic (exact) mass is 167 g/mol. The Balaban J connectivity index is 2.71. The molecule has 0 amide bonds. The Morgan fingerprint density at radius 3 is 2.91 bits per heavy atom. The first-order valence-electron chi connectivity index (χ1n) is 2.98. The van der Waals surface area contributed by atoms with Crippen LogP contribution in [0.5, 0.6) is 0 Å². The first-order chi connectivity index (χ1) is 5.34. The molecule has 0 fully saturated rings. The van der Waals surface area contributed by atoms with Crippen LogP contribution in [0.2, 0.25) is 5.15 Å². The van der Waals surface area contributed by atoms with Gasteiger partial charge in [-0.3, -0.25) is 0 Å². The van der Waals surface area contributed by atoms with Gasteiger partial charge < -0.3 is 5.32 Å². The zero-order chi connectivity index (χ0) is 8.10. The van der Waals surface area contributed by atoms with Gasteiger partial charge in [-0.15, -0.1) is 6.42 Å². The number of terminal acetylenes is 1. The van der Waals surface area contributed by atoms with E-state index in [1.54, 1.807) is 6.20 Å². The molecule has 11 heavy (non-hydrogen) atoms. The smallest absolute Gasteiger partial charge is 0.171 e. The van der Waals surface area contributed by atoms with E-state index in [1.807, 2.05) is 0 Å². The molecule has 3 nitrogen and oxygen atoms in total. The van der Waals surface area contributed by atoms with E-state index in [-0.39, 0.29) is 0 Å². The second-order valence-corrected chi connectivity index (χ2v) is 2.11. The predicted octanol–water partition coefficient (Wildman–Crippen LogP) is 1.18. The van der Waals surface area contributed by atoms with Crippen molar-refractivity contribution in [3.05, 3.63) is 17.5 Å². The van der Waals surface area contributed by atoms with Gasteiger partial charge in [0.1, 0.15) is 0 Å². The summed E-state index contributed by atoms with van der Waals surface area (Å²) in [6.07, 6.45) is 8.09. The molecule has 0 aliphatic rings. The normalized spacial score (nSPS) is 8.73. The fourth-order valence-corrected chi connectivity index (χ4v) is 0.746. The Morgan fingerprint density at radius 1 is 1.55 bits per heavy atom. The highest BCUT2D eigenvalue weighted by Crippen LogP contribution is 2.12. The Bertz CT molecular complexity index is 279. The van der Waals surface area contributed by atoms with Gasteiger partial charge in [-0.25, -0.2) is 9.97 Å². The van der Waals surface area contributed by atoms with Gasteiger partial charge in [0.2, 0.25) is 0 Å². The first-order valence-corrected chi connectivity index (χ1v) is 3.36. The van der Waals surface area contributed by atoms with Gasteiger partial charge in [-0.1, -0.05) is 17.5 Å². The summed E-state index contributed by atoms with van der Waals surface area (Å²) in [6.45, 7) is 0.401. The number of halogens is 1. The van der Waals surface area contributed by atoms with Crippen molar-refractivity contribution in [3.63, 3.8) is 0 Å². The van der Waals surface area contributed by atoms with Gasteiger partial charge in [-0.2, -0.15) is 0 Å². The predicted molar refractivity (Wildman–Crippen MR) is 44.4 cm³/mol. The van der Waals surface area contributed by atoms with E-state index in [0.717, 1.165) is 0 Å². The van der Waals surface area contributed by atoms with E-state index in [0.29, 0.717) is 17.5 Å². The van der Waals surface area contributed by atoms with E-state index in [9.17, 15) is 0 Å². The SMILES string of the molecule is C#CCNc1nccnc1Cl. The molecule has 0 spiro atoms. The van der Waals surface area contributed by atoms with Crippen LogP contribution in [-0.4, -0.2) is 16.5 Å². The molecule has 4 heteroatoms. The molecular weight excluding hydrogens is 162 g/mol. The maximum absolute atomic E-state index is 5.66. The van der Waals surface area contributed by atoms with Gasteiger partial charge in [0.25, 0.3) is 0 Å². The van der Waals surface area contributed by atoms with E-state index in [4.69, 9.17) is 18.0 Å². The van der Waals surface area contributed by atoms with Gasteiger partial charge in [0.05, 0.1) is 6.54 Å². The molecule has 1 heterocycles. The number of nitrogens with one attached hydrogen (secondary N) is 1. The maximum Gasteiger partial charge on any atom is 0.171 e. The van der Waals surface area contributed by atoms with Crippen molar-refractivity contribution >= 4 is 17.4 Å². The molecule has 0 saturated carbocycles. The minimum atomic E-state index is 0.336. The molecule has 0 unspecified atom stereocenters. The lowest BCUT2D eigenvalue weighted by Crippen LogP contribution is -2.01. The lowest BCUT2D eigenvalue weighted by Gasteiger charge is -2.00. The highest BCUT2D eigenvalue weighted by molar-refractivity contribution is 6.31. The van der Waals surface area contributed by atoms with Crippen molar-refractivity contribution in [1.29, 1.82) is 0 Å². The minimum Gasteiger partial charge on any atom is -0.357 e. The Labute approximate surface area is 69.8 Å². The van der Waals surface area contributed by atoms with Crippen LogP contribution in [0.15, 0.2) is 12.4 Å². The molecule has 56 valence electrons. The van der Waals surface area contributed by atoms with Crippen molar-refractivity contribution < 1.29 is 0 Å². The van der Waals surface area contributed by atoms with Crippen LogP contribution in [0, 0.1) is 12.3 Å². The minimum absolute atomic E-state index is 0.336. The summed E-state index contributed by atoms with van der Waals surface area (Å²) in [6, 6.07) is 0. The van der Waals surface area contributed by atoms with Crippen LogP contribution >= 0.6 is 11.6 Å². The second-order valence-electron chi connectivity index (χ2n) is 1.75. The molecule has 0 bridgehead atoms. The molecule has 1 aromatic rings. The molecular formula is C7H6ClN3. The van der Waals surface area contributed by atoms with Crippen LogP contribution in [0.25, 0.3) is 0 Å². The zero-order valence-corrected chi connectivity index (χ0v) is 6.47. The molecule has 1 N–H and O–H groups in total. The fraction of sp³-hybridized carbons (Fsp3) is 0.143. The molecule has 0 aromatic carbocycles. The third kappa shape index (κ3) is 2.10. The summed E-state index contributed by atoms with van der Waals surface area (Å²) in [7, 11) is 0. The number of hydrogen-bond acceptors (Lipinski definition) is 3. The molecule has 0 saturated heterocycles. The van der Waals surface area contributed by atoms with Gasteiger partial charge in [0, 0.05) is 12.4 Å². The Kier molecular flexibility index (Phi) is 2.70. The quantitative estimate of drug-likeness (QED) is 0.673. The van der Waals surface area contributed by atoms with Crippen LogP contribution in [0.1, 0.15) is 0 Å². The Morgan fingerprint density at radius 2 is 2.27 bits per heavy atom. The lowest BCUT2D eigenvalue weighted by atomic mass is 10.6. The standard InChI is InChI=1S/C7H6ClN3/c1-2-3-10-7-6(8)9-4-5-11-7/h1,4-5H,3H2,(H,10,11). The number of nitrogens with zero attached hydrogens (tertiary/aromatic N) is 2. The highest BCUT2D eigenvalue weighted by atomic mass is 35.5. The average molecular weight is 168 g/mol. The third-order valence-corrected chi connectivity index (χ3v) is 1.29. The van der Waals surface area contributed by atoms with E-state index in [2.05, 4.69) is 21.2 Å². The summed E-state index contributed by atoms with van der Waals surface area (Å²) in [5.74, 6) is 2.93. The van der Waals surface area contributed by atoms with Crippen LogP contribution < -0.4 is 5.32 Å². The second kappa shape index (κ2) is 3.79. The lowest BCUT2D eigenvalue weighted by molar-refractivity contribution is 1.17. The fourth-order valence-electron chi connectivity index (χ4n) is 0.574. The van der Waals surface area contributed by atoms with Crippen molar-refractivity contribution in [2.24, 2.45) is 0 Å². The van der Waals surface area contributed by atoms with Crippen molar-refractivity contribution in [2.75, 3.05) is 11.9 Å². The number of aromatic nitrogens is 2. The summed E-state index contributed by atoms with van der Waals surface area (Å²) >= 11 is 5.66. The van der Waals surface area contributed by atoms with Crippen molar-refractivity contribution in [1.82, 2.24) is 9.97 Å². The summed E-state index contributed by atoms with van der Waals surface area (Å²) < 4.78 is 0. The molecule has 0 radical (unpaired) electrons. The Hall–Kier alpha value is -1.27. The van der Waals surface area contributed by atoms with Gasteiger partial charge in [0.15, 0.2) is 11.0 Å². The molecule has 0 atom stereocenters. The highest BCUT2D eigenvalue weighted by Gasteiger charge is 1.97. The van der Waals surface area contributed by atoms with Crippen LogP contribution in [0.3, 0.4) is 0 Å². The first kappa shape index (κ1) is 7.83. The van der Waals surface area contributed by atoms with E-state index < -0.39 is 0 Å². The number of rotatable bonds is 2. The summed E-state index contributed by atoms with van der Waals surface area (Å²) in [5.41, 5.74) is 0.